The molecule has 0 fully saturated rings. The molecule has 0 unspecified atom stereocenters. The lowest BCUT2D eigenvalue weighted by atomic mass is 9.57. The van der Waals surface area contributed by atoms with Gasteiger partial charge in [-0.05, 0) is 267 Å². The van der Waals surface area contributed by atoms with E-state index in [1.54, 1.807) is 0 Å². The molecule has 0 spiro atoms. The van der Waals surface area contributed by atoms with Crippen LogP contribution >= 0.6 is 37.9 Å². The molecular weight excluding hydrogens is 913 g/mol. The van der Waals surface area contributed by atoms with Crippen molar-refractivity contribution < 1.29 is 0 Å². The fourth-order valence-electron chi connectivity index (χ4n) is 13.3. The topological polar surface area (TPSA) is 0 Å². The van der Waals surface area contributed by atoms with Crippen LogP contribution in [0.4, 0.5) is 0 Å². The average molecular weight is 975 g/mol. The number of aryl methyl sites for hydroxylation is 7. The molecule has 1 aliphatic carbocycles. The van der Waals surface area contributed by atoms with Crippen LogP contribution < -0.4 is 0 Å². The van der Waals surface area contributed by atoms with Gasteiger partial charge in [-0.1, -0.05) is 110 Å². The maximum atomic E-state index is 5.42. The first-order valence-corrected chi connectivity index (χ1v) is 26.4. The largest absolute Gasteiger partial charge is 0.143 e. The molecule has 11 rings (SSSR count). The lowest BCUT2D eigenvalue weighted by Crippen LogP contribution is -2.37. The van der Waals surface area contributed by atoms with Crippen LogP contribution in [0.15, 0.2) is 130 Å². The van der Waals surface area contributed by atoms with Crippen LogP contribution in [-0.2, 0) is 11.8 Å². The summed E-state index contributed by atoms with van der Waals surface area (Å²) in [5.41, 5.74) is 28.0. The first kappa shape index (κ1) is 47.4. The molecule has 0 saturated heterocycles. The summed E-state index contributed by atoms with van der Waals surface area (Å²) in [5, 5.41) is 10.1. The molecule has 1 aliphatic rings. The highest BCUT2D eigenvalue weighted by molar-refractivity contribution is 7.81. The van der Waals surface area contributed by atoms with Crippen LogP contribution in [-0.4, -0.2) is 0 Å². The molecular formula is C68H62S3. The van der Waals surface area contributed by atoms with Gasteiger partial charge in [0.2, 0.25) is 0 Å². The molecule has 10 aromatic rings. The minimum Gasteiger partial charge on any atom is -0.143 e. The van der Waals surface area contributed by atoms with E-state index in [0.717, 1.165) is 32.2 Å². The van der Waals surface area contributed by atoms with E-state index in [1.807, 2.05) is 0 Å². The number of benzene rings is 10. The molecule has 0 heterocycles. The van der Waals surface area contributed by atoms with E-state index in [2.05, 4.69) is 205 Å². The van der Waals surface area contributed by atoms with Gasteiger partial charge < -0.3 is 0 Å². The molecule has 0 nitrogen and oxygen atoms in total. The zero-order valence-corrected chi connectivity index (χ0v) is 45.9. The van der Waals surface area contributed by atoms with Crippen LogP contribution in [0, 0.1) is 83.1 Å². The molecule has 0 radical (unpaired) electrons. The summed E-state index contributed by atoms with van der Waals surface area (Å²) >= 11 is 15.9. The zero-order chi connectivity index (χ0) is 50.3. The van der Waals surface area contributed by atoms with E-state index in [-0.39, 0.29) is 0 Å². The predicted molar refractivity (Wildman–Crippen MR) is 317 cm³/mol. The molecule has 71 heavy (non-hydrogen) atoms. The van der Waals surface area contributed by atoms with Crippen molar-refractivity contribution in [2.45, 2.75) is 110 Å². The zero-order valence-electron chi connectivity index (χ0n) is 43.2. The third-order valence-electron chi connectivity index (χ3n) is 17.5. The van der Waals surface area contributed by atoms with Gasteiger partial charge in [0.05, 0.1) is 5.41 Å². The Morgan fingerprint density at radius 1 is 0.394 bits per heavy atom. The first-order chi connectivity index (χ1) is 33.9. The van der Waals surface area contributed by atoms with E-state index in [0.29, 0.717) is 0 Å². The van der Waals surface area contributed by atoms with Crippen LogP contribution in [0.3, 0.4) is 0 Å². The van der Waals surface area contributed by atoms with E-state index >= 15 is 0 Å². The van der Waals surface area contributed by atoms with Gasteiger partial charge in [0.25, 0.3) is 0 Å². The Bertz CT molecular complexity index is 3940. The second-order valence-electron chi connectivity index (χ2n) is 20.8. The van der Waals surface area contributed by atoms with Gasteiger partial charge in [0, 0.05) is 20.1 Å². The second kappa shape index (κ2) is 17.1. The van der Waals surface area contributed by atoms with Crippen molar-refractivity contribution >= 4 is 87.1 Å². The Balaban J connectivity index is 1.36. The fourth-order valence-corrected chi connectivity index (χ4v) is 14.2. The molecule has 10 aromatic carbocycles. The summed E-state index contributed by atoms with van der Waals surface area (Å²) in [5.74, 6) is 0. The highest BCUT2D eigenvalue weighted by atomic mass is 32.1. The Hall–Kier alpha value is -5.97. The summed E-state index contributed by atoms with van der Waals surface area (Å²) in [6, 6.07) is 42.3. The smallest absolute Gasteiger partial charge is 0.0713 e. The van der Waals surface area contributed by atoms with Gasteiger partial charge >= 0.3 is 0 Å². The van der Waals surface area contributed by atoms with Crippen molar-refractivity contribution in [3.63, 3.8) is 0 Å². The van der Waals surface area contributed by atoms with E-state index < -0.39 is 5.41 Å². The van der Waals surface area contributed by atoms with Gasteiger partial charge in [0.15, 0.2) is 0 Å². The Morgan fingerprint density at radius 3 is 1.39 bits per heavy atom. The standard InChI is InChI=1S/C68H62S3/c1-14-50-37(5)39(7)59-38(6)36(4)41(9)67(71)64(59)63(50)49-26-24-35(3)58(32-49)68(55-29-27-46-19-15-17-21-51(46)53(55)33-54-52-22-18-16-20-47(52)28-30-56(54)68)57-31-48(25-23-34(57)2)61-44(12)66(70)43(11)60-40(8)42(10)65(69)45(13)62(60)61/h14-32,69-71H,1,33H2,2-13H3. The third kappa shape index (κ3) is 6.54. The molecule has 0 amide bonds. The molecule has 0 saturated carbocycles. The second-order valence-corrected chi connectivity index (χ2v) is 22.1. The fraction of sp³-hybridized carbons (Fsp3) is 0.206. The van der Waals surface area contributed by atoms with Crippen LogP contribution in [0.25, 0.3) is 71.4 Å². The van der Waals surface area contributed by atoms with Crippen molar-refractivity contribution in [2.24, 2.45) is 0 Å². The Kier molecular flexibility index (Phi) is 11.4. The van der Waals surface area contributed by atoms with E-state index in [9.17, 15) is 0 Å². The number of thiol groups is 3. The predicted octanol–water partition coefficient (Wildman–Crippen LogP) is 19.1. The number of fused-ring (bicyclic) bond motifs is 8. The average Bonchev–Trinajstić information content (AvgIpc) is 3.38. The normalized spacial score (nSPS) is 13.1. The highest BCUT2D eigenvalue weighted by Crippen LogP contribution is 2.57. The SMILES string of the molecule is C=Cc1c(C)c(C)c2c(C)c(C)c(C)c(S)c2c1-c1ccc(C)c(C2(c3cc(-c4c(C)c(S)c(C)c5c(C)c(C)c(S)c(C)c45)ccc3C)c3ccc4ccccc4c3Cc3c2ccc2ccccc32)c1. The van der Waals surface area contributed by atoms with E-state index in [4.69, 9.17) is 37.9 Å². The van der Waals surface area contributed by atoms with Gasteiger partial charge in [-0.3, -0.25) is 0 Å². The number of rotatable bonds is 5. The molecule has 0 aromatic heterocycles. The molecule has 352 valence electrons. The quantitative estimate of drug-likeness (QED) is 0.141. The van der Waals surface area contributed by atoms with Crippen molar-refractivity contribution in [2.75, 3.05) is 0 Å². The summed E-state index contributed by atoms with van der Waals surface area (Å²) in [4.78, 5) is 3.12. The van der Waals surface area contributed by atoms with Crippen LogP contribution in [0.2, 0.25) is 0 Å². The summed E-state index contributed by atoms with van der Waals surface area (Å²) in [7, 11) is 0. The lowest BCUT2D eigenvalue weighted by Gasteiger charge is -2.45. The summed E-state index contributed by atoms with van der Waals surface area (Å²) in [6.45, 7) is 31.7. The van der Waals surface area contributed by atoms with Crippen LogP contribution in [0.1, 0.15) is 106 Å². The Morgan fingerprint density at radius 2 is 0.845 bits per heavy atom. The van der Waals surface area contributed by atoms with Gasteiger partial charge in [-0.15, -0.1) is 37.9 Å². The van der Waals surface area contributed by atoms with Gasteiger partial charge in [-0.2, -0.15) is 0 Å². The molecule has 0 N–H and O–H groups in total. The number of hydrogen-bond acceptors (Lipinski definition) is 3. The maximum Gasteiger partial charge on any atom is 0.0713 e. The molecule has 3 heteroatoms. The maximum absolute atomic E-state index is 5.42. The van der Waals surface area contributed by atoms with Gasteiger partial charge in [-0.25, -0.2) is 0 Å². The monoisotopic (exact) mass is 974 g/mol. The molecule has 0 bridgehead atoms. The van der Waals surface area contributed by atoms with Gasteiger partial charge in [0.1, 0.15) is 0 Å². The van der Waals surface area contributed by atoms with Crippen molar-refractivity contribution in [1.29, 1.82) is 0 Å². The summed E-state index contributed by atoms with van der Waals surface area (Å²) in [6.07, 6.45) is 2.90. The summed E-state index contributed by atoms with van der Waals surface area (Å²) < 4.78 is 0. The molecule has 0 atom stereocenters. The minimum absolute atomic E-state index is 0.762. The van der Waals surface area contributed by atoms with E-state index in [1.165, 1.54) is 160 Å². The van der Waals surface area contributed by atoms with Crippen LogP contribution in [0.5, 0.6) is 0 Å². The van der Waals surface area contributed by atoms with Crippen molar-refractivity contribution in [1.82, 2.24) is 0 Å². The van der Waals surface area contributed by atoms with Crippen molar-refractivity contribution in [3.8, 4) is 22.3 Å². The third-order valence-corrected chi connectivity index (χ3v) is 19.4. The minimum atomic E-state index is -0.762. The van der Waals surface area contributed by atoms with Crippen molar-refractivity contribution in [3.05, 3.63) is 221 Å². The Labute approximate surface area is 437 Å². The highest BCUT2D eigenvalue weighted by Gasteiger charge is 2.47. The lowest BCUT2D eigenvalue weighted by molar-refractivity contribution is 0.699. The molecule has 0 aliphatic heterocycles. The first-order valence-electron chi connectivity index (χ1n) is 25.0. The number of hydrogen-bond donors (Lipinski definition) is 3.